The molecule has 1 N–H and O–H groups in total. The number of aryl methyl sites for hydroxylation is 1. The van der Waals surface area contributed by atoms with Crippen LogP contribution in [0.3, 0.4) is 0 Å². The van der Waals surface area contributed by atoms with Crippen molar-refractivity contribution in [2.45, 2.75) is 13.5 Å². The van der Waals surface area contributed by atoms with Gasteiger partial charge in [-0.2, -0.15) is 10.2 Å². The van der Waals surface area contributed by atoms with Crippen LogP contribution in [-0.4, -0.2) is 30.6 Å². The number of hydrogen-bond donors (Lipinski definition) is 1. The summed E-state index contributed by atoms with van der Waals surface area (Å²) < 4.78 is 3.31. The van der Waals surface area contributed by atoms with Gasteiger partial charge in [0.1, 0.15) is 11.3 Å². The summed E-state index contributed by atoms with van der Waals surface area (Å²) in [5.74, 6) is -0.989. The zero-order valence-corrected chi connectivity index (χ0v) is 11.5. The van der Waals surface area contributed by atoms with E-state index in [4.69, 9.17) is 0 Å². The first-order valence-corrected chi connectivity index (χ1v) is 6.60. The Balaban J connectivity index is 2.04. The van der Waals surface area contributed by atoms with Crippen molar-refractivity contribution in [3.8, 4) is 16.9 Å². The Kier molecular flexibility index (Phi) is 3.27. The fraction of sp³-hybridized carbons (Fsp3) is 0.133. The van der Waals surface area contributed by atoms with Crippen molar-refractivity contribution in [2.24, 2.45) is 0 Å². The summed E-state index contributed by atoms with van der Waals surface area (Å²) in [5, 5.41) is 17.9. The summed E-state index contributed by atoms with van der Waals surface area (Å²) in [6.07, 6.45) is 4.95. The van der Waals surface area contributed by atoms with E-state index in [-0.39, 0.29) is 5.56 Å². The first kappa shape index (κ1) is 13.1. The quantitative estimate of drug-likeness (QED) is 0.797. The number of benzene rings is 1. The van der Waals surface area contributed by atoms with Crippen LogP contribution in [0.2, 0.25) is 0 Å². The molecule has 6 heteroatoms. The third kappa shape index (κ3) is 2.43. The first-order valence-electron chi connectivity index (χ1n) is 6.60. The highest BCUT2D eigenvalue weighted by Crippen LogP contribution is 2.22. The molecule has 0 aliphatic carbocycles. The highest BCUT2D eigenvalue weighted by Gasteiger charge is 2.18. The normalized spacial score (nSPS) is 10.7. The van der Waals surface area contributed by atoms with Gasteiger partial charge in [-0.1, -0.05) is 18.2 Å². The number of nitrogens with zero attached hydrogens (tertiary/aromatic N) is 4. The lowest BCUT2D eigenvalue weighted by Crippen LogP contribution is -1.96. The maximum atomic E-state index is 11.3. The summed E-state index contributed by atoms with van der Waals surface area (Å²) in [5.41, 5.74) is 2.22. The van der Waals surface area contributed by atoms with Gasteiger partial charge in [0.05, 0.1) is 11.9 Å². The predicted octanol–water partition coefficient (Wildman–Crippen LogP) is 2.45. The standard InChI is InChI=1S/C15H14N4O2/c1-2-18-10-13(15(20)21)14(17-18)11-8-16-19(9-11)12-6-4-3-5-7-12/h3-10H,2H2,1H3,(H,20,21). The van der Waals surface area contributed by atoms with Crippen LogP contribution < -0.4 is 0 Å². The Morgan fingerprint density at radius 3 is 2.67 bits per heavy atom. The average Bonchev–Trinajstić information content (AvgIpc) is 3.14. The molecule has 1 aromatic carbocycles. The molecule has 0 aliphatic heterocycles. The maximum Gasteiger partial charge on any atom is 0.339 e. The second-order valence-corrected chi connectivity index (χ2v) is 4.56. The Labute approximate surface area is 121 Å². The molecule has 0 radical (unpaired) electrons. The van der Waals surface area contributed by atoms with Gasteiger partial charge in [-0.25, -0.2) is 9.48 Å². The van der Waals surface area contributed by atoms with E-state index in [1.165, 1.54) is 6.20 Å². The van der Waals surface area contributed by atoms with Gasteiger partial charge in [0.15, 0.2) is 0 Å². The van der Waals surface area contributed by atoms with Gasteiger partial charge in [0.25, 0.3) is 0 Å². The lowest BCUT2D eigenvalue weighted by Gasteiger charge is -1.99. The minimum atomic E-state index is -0.989. The van der Waals surface area contributed by atoms with Crippen molar-refractivity contribution < 1.29 is 9.90 Å². The van der Waals surface area contributed by atoms with E-state index >= 15 is 0 Å². The molecule has 0 fully saturated rings. The SMILES string of the molecule is CCn1cc(C(=O)O)c(-c2cnn(-c3ccccc3)c2)n1. The Morgan fingerprint density at radius 2 is 2.00 bits per heavy atom. The number of carboxylic acid groups (broad SMARTS) is 1. The van der Waals surface area contributed by atoms with Gasteiger partial charge in [0, 0.05) is 24.5 Å². The summed E-state index contributed by atoms with van der Waals surface area (Å²) in [6, 6.07) is 9.63. The zero-order chi connectivity index (χ0) is 14.8. The monoisotopic (exact) mass is 282 g/mol. The molecular weight excluding hydrogens is 268 g/mol. The largest absolute Gasteiger partial charge is 0.478 e. The van der Waals surface area contributed by atoms with Crippen molar-refractivity contribution in [1.29, 1.82) is 0 Å². The highest BCUT2D eigenvalue weighted by molar-refractivity contribution is 5.94. The summed E-state index contributed by atoms with van der Waals surface area (Å²) in [6.45, 7) is 2.53. The molecule has 0 aliphatic rings. The molecule has 3 rings (SSSR count). The van der Waals surface area contributed by atoms with Crippen LogP contribution in [0.1, 0.15) is 17.3 Å². The summed E-state index contributed by atoms with van der Waals surface area (Å²) >= 11 is 0. The van der Waals surface area contributed by atoms with Crippen LogP contribution >= 0.6 is 0 Å². The number of carbonyl (C=O) groups is 1. The van der Waals surface area contributed by atoms with Crippen molar-refractivity contribution in [1.82, 2.24) is 19.6 Å². The number of para-hydroxylation sites is 1. The number of rotatable bonds is 4. The van der Waals surface area contributed by atoms with E-state index in [1.807, 2.05) is 37.3 Å². The molecule has 6 nitrogen and oxygen atoms in total. The van der Waals surface area contributed by atoms with Gasteiger partial charge in [-0.3, -0.25) is 4.68 Å². The van der Waals surface area contributed by atoms with Crippen LogP contribution in [0.15, 0.2) is 48.9 Å². The highest BCUT2D eigenvalue weighted by atomic mass is 16.4. The lowest BCUT2D eigenvalue weighted by molar-refractivity contribution is 0.0697. The molecule has 0 saturated heterocycles. The van der Waals surface area contributed by atoms with E-state index in [1.54, 1.807) is 21.8 Å². The zero-order valence-electron chi connectivity index (χ0n) is 11.5. The molecule has 0 unspecified atom stereocenters. The fourth-order valence-electron chi connectivity index (χ4n) is 2.12. The topological polar surface area (TPSA) is 72.9 Å². The minimum absolute atomic E-state index is 0.185. The predicted molar refractivity (Wildman–Crippen MR) is 77.4 cm³/mol. The Morgan fingerprint density at radius 1 is 1.24 bits per heavy atom. The van der Waals surface area contributed by atoms with Crippen molar-refractivity contribution in [3.05, 3.63) is 54.5 Å². The molecule has 2 heterocycles. The third-order valence-electron chi connectivity index (χ3n) is 3.19. The molecule has 3 aromatic rings. The molecule has 0 spiro atoms. The van der Waals surface area contributed by atoms with Crippen LogP contribution in [0.4, 0.5) is 0 Å². The molecular formula is C15H14N4O2. The molecule has 21 heavy (non-hydrogen) atoms. The van der Waals surface area contributed by atoms with Crippen molar-refractivity contribution in [2.75, 3.05) is 0 Å². The van der Waals surface area contributed by atoms with Crippen LogP contribution in [0.5, 0.6) is 0 Å². The fourth-order valence-corrected chi connectivity index (χ4v) is 2.12. The second kappa shape index (κ2) is 5.24. The molecule has 106 valence electrons. The van der Waals surface area contributed by atoms with E-state index < -0.39 is 5.97 Å². The smallest absolute Gasteiger partial charge is 0.339 e. The summed E-state index contributed by atoms with van der Waals surface area (Å²) in [7, 11) is 0. The van der Waals surface area contributed by atoms with E-state index in [9.17, 15) is 9.90 Å². The third-order valence-corrected chi connectivity index (χ3v) is 3.19. The van der Waals surface area contributed by atoms with Crippen LogP contribution in [-0.2, 0) is 6.54 Å². The van der Waals surface area contributed by atoms with Crippen molar-refractivity contribution >= 4 is 5.97 Å². The van der Waals surface area contributed by atoms with Gasteiger partial charge in [-0.05, 0) is 19.1 Å². The summed E-state index contributed by atoms with van der Waals surface area (Å²) in [4.78, 5) is 11.3. The Bertz CT molecular complexity index is 774. The van der Waals surface area contributed by atoms with Gasteiger partial charge in [-0.15, -0.1) is 0 Å². The van der Waals surface area contributed by atoms with Crippen molar-refractivity contribution in [3.63, 3.8) is 0 Å². The maximum absolute atomic E-state index is 11.3. The molecule has 0 bridgehead atoms. The molecule has 0 amide bonds. The first-order chi connectivity index (χ1) is 10.2. The van der Waals surface area contributed by atoms with Crippen LogP contribution in [0.25, 0.3) is 16.9 Å². The number of aromatic carboxylic acids is 1. The van der Waals surface area contributed by atoms with Gasteiger partial charge < -0.3 is 5.11 Å². The molecule has 0 atom stereocenters. The Hall–Kier alpha value is -2.89. The minimum Gasteiger partial charge on any atom is -0.478 e. The average molecular weight is 282 g/mol. The molecule has 2 aromatic heterocycles. The van der Waals surface area contributed by atoms with Crippen LogP contribution in [0, 0.1) is 0 Å². The van der Waals surface area contributed by atoms with Gasteiger partial charge >= 0.3 is 5.97 Å². The van der Waals surface area contributed by atoms with Gasteiger partial charge in [0.2, 0.25) is 0 Å². The van der Waals surface area contributed by atoms with E-state index in [2.05, 4.69) is 10.2 Å². The number of carboxylic acids is 1. The molecule has 0 saturated carbocycles. The second-order valence-electron chi connectivity index (χ2n) is 4.56. The number of aromatic nitrogens is 4. The van der Waals surface area contributed by atoms with E-state index in [0.717, 1.165) is 5.69 Å². The lowest BCUT2D eigenvalue weighted by atomic mass is 10.1. The number of hydrogen-bond acceptors (Lipinski definition) is 3. The van der Waals surface area contributed by atoms with E-state index in [0.29, 0.717) is 17.8 Å².